The summed E-state index contributed by atoms with van der Waals surface area (Å²) in [6.07, 6.45) is 0.458. The second kappa shape index (κ2) is 13.2. The molecule has 3 aromatic carbocycles. The van der Waals surface area contributed by atoms with Crippen molar-refractivity contribution in [2.75, 3.05) is 5.75 Å². The predicted octanol–water partition coefficient (Wildman–Crippen LogP) is 5.74. The van der Waals surface area contributed by atoms with Crippen LogP contribution in [-0.4, -0.2) is 34.6 Å². The summed E-state index contributed by atoms with van der Waals surface area (Å²) < 4.78 is 0. The molecular formula is C28H31ClN2O2S. The van der Waals surface area contributed by atoms with Gasteiger partial charge in [0.05, 0.1) is 5.75 Å². The van der Waals surface area contributed by atoms with Crippen molar-refractivity contribution in [3.05, 3.63) is 107 Å². The normalized spacial score (nSPS) is 11.8. The number of carbonyl (C=O) groups excluding carboxylic acids is 2. The summed E-state index contributed by atoms with van der Waals surface area (Å²) in [5.74, 6) is 0.799. The Balaban J connectivity index is 1.81. The number of thioether (sulfide) groups is 1. The quantitative estimate of drug-likeness (QED) is 0.370. The average Bonchev–Trinajstić information content (AvgIpc) is 2.83. The van der Waals surface area contributed by atoms with Crippen LogP contribution >= 0.6 is 23.4 Å². The van der Waals surface area contributed by atoms with Crippen LogP contribution in [0.1, 0.15) is 30.5 Å². The Morgan fingerprint density at radius 3 is 2.03 bits per heavy atom. The third kappa shape index (κ3) is 8.23. The van der Waals surface area contributed by atoms with E-state index in [4.69, 9.17) is 11.6 Å². The fourth-order valence-electron chi connectivity index (χ4n) is 3.63. The molecule has 0 saturated heterocycles. The van der Waals surface area contributed by atoms with Gasteiger partial charge < -0.3 is 10.2 Å². The SMILES string of the molecule is CC(C)NC(=O)C(Cc1ccccc1)N(Cc1ccccc1)C(=O)CSCc1ccc(Cl)cc1. The number of hydrogen-bond donors (Lipinski definition) is 1. The Labute approximate surface area is 211 Å². The Bertz CT molecular complexity index is 1040. The molecule has 3 aromatic rings. The largest absolute Gasteiger partial charge is 0.352 e. The van der Waals surface area contributed by atoms with Gasteiger partial charge in [0.15, 0.2) is 0 Å². The van der Waals surface area contributed by atoms with E-state index in [1.165, 1.54) is 0 Å². The minimum absolute atomic E-state index is 0.0151. The van der Waals surface area contributed by atoms with Gasteiger partial charge in [0.25, 0.3) is 0 Å². The Morgan fingerprint density at radius 1 is 0.853 bits per heavy atom. The first kappa shape index (κ1) is 25.9. The third-order valence-corrected chi connectivity index (χ3v) is 6.55. The van der Waals surface area contributed by atoms with Gasteiger partial charge in [0.1, 0.15) is 6.04 Å². The third-order valence-electron chi connectivity index (χ3n) is 5.31. The molecule has 1 atom stereocenters. The van der Waals surface area contributed by atoms with E-state index in [9.17, 15) is 9.59 Å². The summed E-state index contributed by atoms with van der Waals surface area (Å²) in [7, 11) is 0. The van der Waals surface area contributed by atoms with Gasteiger partial charge in [0.2, 0.25) is 11.8 Å². The van der Waals surface area contributed by atoms with Gasteiger partial charge in [-0.2, -0.15) is 0 Å². The topological polar surface area (TPSA) is 49.4 Å². The van der Waals surface area contributed by atoms with Gasteiger partial charge >= 0.3 is 0 Å². The number of carbonyl (C=O) groups is 2. The lowest BCUT2D eigenvalue weighted by molar-refractivity contribution is -0.139. The first-order valence-electron chi connectivity index (χ1n) is 11.4. The fraction of sp³-hybridized carbons (Fsp3) is 0.286. The molecule has 0 spiro atoms. The summed E-state index contributed by atoms with van der Waals surface area (Å²) in [4.78, 5) is 28.5. The van der Waals surface area contributed by atoms with Gasteiger partial charge in [-0.15, -0.1) is 11.8 Å². The van der Waals surface area contributed by atoms with Crippen LogP contribution in [0.15, 0.2) is 84.9 Å². The maximum atomic E-state index is 13.5. The highest BCUT2D eigenvalue weighted by Crippen LogP contribution is 2.19. The predicted molar refractivity (Wildman–Crippen MR) is 142 cm³/mol. The zero-order valence-electron chi connectivity index (χ0n) is 19.6. The summed E-state index contributed by atoms with van der Waals surface area (Å²) in [6.45, 7) is 4.25. The second-order valence-electron chi connectivity index (χ2n) is 8.50. The Hall–Kier alpha value is -2.76. The molecule has 1 N–H and O–H groups in total. The molecular weight excluding hydrogens is 464 g/mol. The molecule has 34 heavy (non-hydrogen) atoms. The molecule has 0 fully saturated rings. The highest BCUT2D eigenvalue weighted by Gasteiger charge is 2.30. The first-order chi connectivity index (χ1) is 16.4. The number of nitrogens with zero attached hydrogens (tertiary/aromatic N) is 1. The number of benzene rings is 3. The van der Waals surface area contributed by atoms with Crippen molar-refractivity contribution in [1.82, 2.24) is 10.2 Å². The number of hydrogen-bond acceptors (Lipinski definition) is 3. The van der Waals surface area contributed by atoms with Crippen molar-refractivity contribution < 1.29 is 9.59 Å². The van der Waals surface area contributed by atoms with Crippen LogP contribution in [-0.2, 0) is 28.3 Å². The number of halogens is 1. The van der Waals surface area contributed by atoms with E-state index in [-0.39, 0.29) is 23.6 Å². The van der Waals surface area contributed by atoms with Crippen molar-refractivity contribution >= 4 is 35.2 Å². The summed E-state index contributed by atoms with van der Waals surface area (Å²) in [5.41, 5.74) is 3.12. The van der Waals surface area contributed by atoms with E-state index >= 15 is 0 Å². The van der Waals surface area contributed by atoms with Crippen LogP contribution in [0.3, 0.4) is 0 Å². The lowest BCUT2D eigenvalue weighted by Gasteiger charge is -2.32. The summed E-state index contributed by atoms with van der Waals surface area (Å²) in [5, 5.41) is 3.71. The van der Waals surface area contributed by atoms with Crippen molar-refractivity contribution in [3.63, 3.8) is 0 Å². The summed E-state index contributed by atoms with van der Waals surface area (Å²) >= 11 is 7.52. The van der Waals surface area contributed by atoms with Gasteiger partial charge in [-0.3, -0.25) is 9.59 Å². The van der Waals surface area contributed by atoms with Gasteiger partial charge in [0, 0.05) is 29.8 Å². The van der Waals surface area contributed by atoms with E-state index < -0.39 is 6.04 Å². The second-order valence-corrected chi connectivity index (χ2v) is 9.92. The maximum absolute atomic E-state index is 13.5. The van der Waals surface area contributed by atoms with E-state index in [2.05, 4.69) is 5.32 Å². The molecule has 0 radical (unpaired) electrons. The average molecular weight is 495 g/mol. The highest BCUT2D eigenvalue weighted by atomic mass is 35.5. The Kier molecular flexibility index (Phi) is 10.0. The minimum Gasteiger partial charge on any atom is -0.352 e. The lowest BCUT2D eigenvalue weighted by atomic mass is 10.0. The van der Waals surface area contributed by atoms with Crippen molar-refractivity contribution in [3.8, 4) is 0 Å². The molecule has 0 saturated carbocycles. The minimum atomic E-state index is -0.603. The van der Waals surface area contributed by atoms with Gasteiger partial charge in [-0.1, -0.05) is 84.4 Å². The molecule has 6 heteroatoms. The van der Waals surface area contributed by atoms with Crippen LogP contribution < -0.4 is 5.32 Å². The lowest BCUT2D eigenvalue weighted by Crippen LogP contribution is -2.52. The highest BCUT2D eigenvalue weighted by molar-refractivity contribution is 7.99. The van der Waals surface area contributed by atoms with Crippen LogP contribution in [0.5, 0.6) is 0 Å². The standard InChI is InChI=1S/C28H31ClN2O2S/c1-21(2)30-28(33)26(17-22-9-5-3-6-10-22)31(18-23-11-7-4-8-12-23)27(32)20-34-19-24-13-15-25(29)16-14-24/h3-16,21,26H,17-20H2,1-2H3,(H,30,33). The molecule has 4 nitrogen and oxygen atoms in total. The van der Waals surface area contributed by atoms with Crippen LogP contribution in [0.4, 0.5) is 0 Å². The van der Waals surface area contributed by atoms with Crippen LogP contribution in [0, 0.1) is 0 Å². The maximum Gasteiger partial charge on any atom is 0.243 e. The number of amides is 2. The smallest absolute Gasteiger partial charge is 0.243 e. The molecule has 0 aliphatic heterocycles. The van der Waals surface area contributed by atoms with E-state index in [1.807, 2.05) is 98.8 Å². The molecule has 0 aromatic heterocycles. The van der Waals surface area contributed by atoms with E-state index in [0.717, 1.165) is 16.7 Å². The Morgan fingerprint density at radius 2 is 1.44 bits per heavy atom. The molecule has 178 valence electrons. The number of nitrogens with one attached hydrogen (secondary N) is 1. The summed E-state index contributed by atoms with van der Waals surface area (Å²) in [6, 6.07) is 26.7. The molecule has 1 unspecified atom stereocenters. The van der Waals surface area contributed by atoms with Crippen molar-refractivity contribution in [2.24, 2.45) is 0 Å². The number of rotatable bonds is 11. The monoisotopic (exact) mass is 494 g/mol. The molecule has 0 aliphatic carbocycles. The zero-order valence-corrected chi connectivity index (χ0v) is 21.2. The van der Waals surface area contributed by atoms with Gasteiger partial charge in [-0.25, -0.2) is 0 Å². The molecule has 0 aliphatic rings. The molecule has 3 rings (SSSR count). The molecule has 2 amide bonds. The van der Waals surface area contributed by atoms with E-state index in [0.29, 0.717) is 23.7 Å². The van der Waals surface area contributed by atoms with Gasteiger partial charge in [-0.05, 0) is 42.7 Å². The van der Waals surface area contributed by atoms with Crippen LogP contribution in [0.2, 0.25) is 5.02 Å². The molecule has 0 heterocycles. The van der Waals surface area contributed by atoms with Crippen molar-refractivity contribution in [2.45, 2.75) is 44.6 Å². The molecule has 0 bridgehead atoms. The fourth-order valence-corrected chi connectivity index (χ4v) is 4.63. The van der Waals surface area contributed by atoms with Crippen molar-refractivity contribution in [1.29, 1.82) is 0 Å². The first-order valence-corrected chi connectivity index (χ1v) is 13.0. The van der Waals surface area contributed by atoms with Crippen LogP contribution in [0.25, 0.3) is 0 Å². The zero-order chi connectivity index (χ0) is 24.3. The van der Waals surface area contributed by atoms with E-state index in [1.54, 1.807) is 16.7 Å².